The molecule has 2 heterocycles. The van der Waals surface area contributed by atoms with Crippen molar-refractivity contribution in [3.63, 3.8) is 0 Å². The predicted octanol–water partition coefficient (Wildman–Crippen LogP) is 3.20. The summed E-state index contributed by atoms with van der Waals surface area (Å²) in [6.07, 6.45) is -2.68. The van der Waals surface area contributed by atoms with Gasteiger partial charge in [0.1, 0.15) is 0 Å². The summed E-state index contributed by atoms with van der Waals surface area (Å²) in [6.45, 7) is 1.56. The average molecular weight is 396 g/mol. The molecule has 3 aromatic rings. The molecule has 148 valence electrons. The lowest BCUT2D eigenvalue weighted by Crippen LogP contribution is -2.09. The number of halogens is 3. The van der Waals surface area contributed by atoms with E-state index < -0.39 is 17.7 Å². The molecule has 0 saturated heterocycles. The number of ether oxygens (including phenoxy) is 2. The maximum Gasteiger partial charge on any atom is 0.416 e. The van der Waals surface area contributed by atoms with Crippen LogP contribution in [0.1, 0.15) is 34.8 Å². The second-order valence-electron chi connectivity index (χ2n) is 5.56. The maximum atomic E-state index is 12.9. The number of carbonyl (C=O) groups excluding carboxylic acids is 1. The Hall–Kier alpha value is -3.37. The van der Waals surface area contributed by atoms with Crippen molar-refractivity contribution in [2.75, 3.05) is 7.11 Å². The van der Waals surface area contributed by atoms with Gasteiger partial charge in [-0.3, -0.25) is 0 Å². The zero-order valence-corrected chi connectivity index (χ0v) is 14.9. The molecule has 8 nitrogen and oxygen atoms in total. The topological polar surface area (TPSA) is 92.3 Å². The van der Waals surface area contributed by atoms with E-state index in [1.807, 2.05) is 6.92 Å². The number of hydrogen-bond donors (Lipinski definition) is 0. The van der Waals surface area contributed by atoms with Gasteiger partial charge in [-0.2, -0.15) is 18.3 Å². The first-order valence-corrected chi connectivity index (χ1v) is 8.11. The minimum Gasteiger partial charge on any atom is -0.493 e. The Balaban J connectivity index is 1.81. The lowest BCUT2D eigenvalue weighted by atomic mass is 10.2. The number of rotatable bonds is 6. The van der Waals surface area contributed by atoms with Crippen LogP contribution in [0.5, 0.6) is 5.75 Å². The van der Waals surface area contributed by atoms with Gasteiger partial charge in [-0.15, -0.1) is 10.2 Å². The monoisotopic (exact) mass is 396 g/mol. The Bertz CT molecular complexity index is 981. The summed E-state index contributed by atoms with van der Waals surface area (Å²) < 4.78 is 55.2. The lowest BCUT2D eigenvalue weighted by molar-refractivity contribution is -0.137. The van der Waals surface area contributed by atoms with Gasteiger partial charge in [0, 0.05) is 6.42 Å². The highest BCUT2D eigenvalue weighted by Gasteiger charge is 2.31. The quantitative estimate of drug-likeness (QED) is 0.591. The van der Waals surface area contributed by atoms with Crippen molar-refractivity contribution in [1.29, 1.82) is 0 Å². The minimum absolute atomic E-state index is 0.0437. The van der Waals surface area contributed by atoms with Crippen molar-refractivity contribution in [2.45, 2.75) is 26.1 Å². The maximum absolute atomic E-state index is 12.9. The molecule has 0 unspecified atom stereocenters. The molecule has 28 heavy (non-hydrogen) atoms. The SMILES string of the molecule is CCc1nnc(COC(=O)c2nn(-c3cccc(C(F)(F)F)c3)cc2OC)o1. The first kappa shape index (κ1) is 19.4. The van der Waals surface area contributed by atoms with Gasteiger partial charge in [-0.1, -0.05) is 13.0 Å². The first-order chi connectivity index (χ1) is 13.3. The lowest BCUT2D eigenvalue weighted by Gasteiger charge is -2.08. The van der Waals surface area contributed by atoms with Gasteiger partial charge in [-0.25, -0.2) is 9.48 Å². The summed E-state index contributed by atoms with van der Waals surface area (Å²) in [5, 5.41) is 11.5. The molecule has 0 spiro atoms. The summed E-state index contributed by atoms with van der Waals surface area (Å²) in [5.74, 6) is -0.292. The molecule has 0 radical (unpaired) electrons. The van der Waals surface area contributed by atoms with Crippen molar-refractivity contribution < 1.29 is 31.9 Å². The van der Waals surface area contributed by atoms with Crippen LogP contribution in [0.15, 0.2) is 34.9 Å². The molecule has 0 aliphatic heterocycles. The number of nitrogens with zero attached hydrogens (tertiary/aromatic N) is 4. The fourth-order valence-corrected chi connectivity index (χ4v) is 2.29. The molecule has 2 aromatic heterocycles. The van der Waals surface area contributed by atoms with E-state index in [1.165, 1.54) is 25.4 Å². The highest BCUT2D eigenvalue weighted by Crippen LogP contribution is 2.30. The van der Waals surface area contributed by atoms with E-state index in [1.54, 1.807) is 0 Å². The normalized spacial score (nSPS) is 11.5. The number of methoxy groups -OCH3 is 1. The van der Waals surface area contributed by atoms with Gasteiger partial charge >= 0.3 is 12.1 Å². The van der Waals surface area contributed by atoms with Crippen molar-refractivity contribution in [1.82, 2.24) is 20.0 Å². The number of aromatic nitrogens is 4. The molecular formula is C17H15F3N4O4. The third kappa shape index (κ3) is 4.13. The standard InChI is InChI=1S/C17H15F3N4O4/c1-3-13-21-22-14(28-13)9-27-16(25)15-12(26-2)8-24(23-15)11-6-4-5-10(7-11)17(18,19)20/h4-8H,3,9H2,1-2H3. The van der Waals surface area contributed by atoms with Crippen LogP contribution in [-0.4, -0.2) is 33.1 Å². The molecule has 11 heteroatoms. The number of alkyl halides is 3. The van der Waals surface area contributed by atoms with Crippen molar-refractivity contribution in [2.24, 2.45) is 0 Å². The van der Waals surface area contributed by atoms with E-state index >= 15 is 0 Å². The third-order valence-electron chi connectivity index (χ3n) is 3.67. The molecule has 0 amide bonds. The molecule has 0 aliphatic rings. The average Bonchev–Trinajstić information content (AvgIpc) is 3.32. The fraction of sp³-hybridized carbons (Fsp3) is 0.294. The van der Waals surface area contributed by atoms with Crippen LogP contribution in [0.3, 0.4) is 0 Å². The van der Waals surface area contributed by atoms with Crippen LogP contribution in [0.4, 0.5) is 13.2 Å². The Kier molecular flexibility index (Phi) is 5.34. The summed E-state index contributed by atoms with van der Waals surface area (Å²) >= 11 is 0. The van der Waals surface area contributed by atoms with E-state index in [9.17, 15) is 18.0 Å². The van der Waals surface area contributed by atoms with Gasteiger partial charge < -0.3 is 13.9 Å². The van der Waals surface area contributed by atoms with Gasteiger partial charge in [-0.05, 0) is 18.2 Å². The molecule has 0 aliphatic carbocycles. The third-order valence-corrected chi connectivity index (χ3v) is 3.67. The highest BCUT2D eigenvalue weighted by molar-refractivity contribution is 5.90. The van der Waals surface area contributed by atoms with Crippen LogP contribution in [-0.2, 0) is 23.9 Å². The Morgan fingerprint density at radius 2 is 2.00 bits per heavy atom. The number of aryl methyl sites for hydroxylation is 1. The van der Waals surface area contributed by atoms with Crippen LogP contribution in [0.25, 0.3) is 5.69 Å². The Labute approximate surface area is 156 Å². The molecule has 0 N–H and O–H groups in total. The number of benzene rings is 1. The van der Waals surface area contributed by atoms with E-state index in [0.29, 0.717) is 12.3 Å². The predicted molar refractivity (Wildman–Crippen MR) is 87.9 cm³/mol. The van der Waals surface area contributed by atoms with Crippen LogP contribution >= 0.6 is 0 Å². The van der Waals surface area contributed by atoms with Crippen LogP contribution in [0.2, 0.25) is 0 Å². The second kappa shape index (κ2) is 7.71. The van der Waals surface area contributed by atoms with Gasteiger partial charge in [0.15, 0.2) is 12.4 Å². The van der Waals surface area contributed by atoms with Gasteiger partial charge in [0.25, 0.3) is 5.89 Å². The number of carbonyl (C=O) groups is 1. The van der Waals surface area contributed by atoms with Crippen LogP contribution < -0.4 is 4.74 Å². The Morgan fingerprint density at radius 3 is 2.64 bits per heavy atom. The molecule has 0 saturated carbocycles. The Morgan fingerprint density at radius 1 is 1.25 bits per heavy atom. The van der Waals surface area contributed by atoms with E-state index in [4.69, 9.17) is 13.9 Å². The summed E-state index contributed by atoms with van der Waals surface area (Å²) in [6, 6.07) is 4.51. The molecule has 0 bridgehead atoms. The molecule has 3 rings (SSSR count). The zero-order chi connectivity index (χ0) is 20.3. The largest absolute Gasteiger partial charge is 0.493 e. The molecule has 0 fully saturated rings. The summed E-state index contributed by atoms with van der Waals surface area (Å²) in [7, 11) is 1.30. The number of esters is 1. The van der Waals surface area contributed by atoms with Crippen molar-refractivity contribution in [3.8, 4) is 11.4 Å². The van der Waals surface area contributed by atoms with Crippen LogP contribution in [0, 0.1) is 0 Å². The first-order valence-electron chi connectivity index (χ1n) is 8.11. The highest BCUT2D eigenvalue weighted by atomic mass is 19.4. The summed E-state index contributed by atoms with van der Waals surface area (Å²) in [4.78, 5) is 12.3. The summed E-state index contributed by atoms with van der Waals surface area (Å²) in [5.41, 5.74) is -0.932. The molecule has 0 atom stereocenters. The van der Waals surface area contributed by atoms with Crippen molar-refractivity contribution in [3.05, 3.63) is 53.5 Å². The smallest absolute Gasteiger partial charge is 0.416 e. The minimum atomic E-state index is -4.50. The number of hydrogen-bond acceptors (Lipinski definition) is 7. The second-order valence-corrected chi connectivity index (χ2v) is 5.56. The van der Waals surface area contributed by atoms with Gasteiger partial charge in [0.05, 0.1) is 24.6 Å². The fourth-order valence-electron chi connectivity index (χ4n) is 2.29. The molecule has 1 aromatic carbocycles. The van der Waals surface area contributed by atoms with Crippen molar-refractivity contribution >= 4 is 5.97 Å². The van der Waals surface area contributed by atoms with E-state index in [0.717, 1.165) is 16.8 Å². The molecular weight excluding hydrogens is 381 g/mol. The van der Waals surface area contributed by atoms with E-state index in [-0.39, 0.29) is 29.6 Å². The van der Waals surface area contributed by atoms with Gasteiger partial charge in [0.2, 0.25) is 11.6 Å². The van der Waals surface area contributed by atoms with E-state index in [2.05, 4.69) is 15.3 Å². The zero-order valence-electron chi connectivity index (χ0n) is 14.9.